The molecule has 0 saturated carbocycles. The van der Waals surface area contributed by atoms with Gasteiger partial charge in [0.05, 0.1) is 11.4 Å². The number of carbonyl (C=O) groups excluding carboxylic acids is 1. The van der Waals surface area contributed by atoms with Gasteiger partial charge >= 0.3 is 0 Å². The number of piperazine rings is 1. The van der Waals surface area contributed by atoms with E-state index in [0.717, 1.165) is 66.2 Å². The Bertz CT molecular complexity index is 991. The number of carbonyl (C=O) groups is 1. The molecule has 0 spiro atoms. The average molecular weight is 422 g/mol. The predicted octanol–water partition coefficient (Wildman–Crippen LogP) is 4.16. The minimum absolute atomic E-state index is 0.0164. The molecule has 0 N–H and O–H groups in total. The van der Waals surface area contributed by atoms with Crippen molar-refractivity contribution >= 4 is 33.9 Å². The lowest BCUT2D eigenvalue weighted by Gasteiger charge is -2.35. The molecule has 0 atom stereocenters. The van der Waals surface area contributed by atoms with Crippen molar-refractivity contribution in [2.24, 2.45) is 0 Å². The average Bonchev–Trinajstić information content (AvgIpc) is 3.19. The maximum atomic E-state index is 12.5. The molecule has 7 heteroatoms. The molecule has 1 aliphatic heterocycles. The molecule has 4 rings (SSSR count). The zero-order valence-electron chi connectivity index (χ0n) is 17.7. The molecule has 2 aromatic heterocycles. The Morgan fingerprint density at radius 1 is 1.07 bits per heavy atom. The molecular formula is C23H27N5OS. The molecule has 6 nitrogen and oxygen atoms in total. The fourth-order valence-electron chi connectivity index (χ4n) is 3.92. The van der Waals surface area contributed by atoms with Gasteiger partial charge in [-0.25, -0.2) is 9.97 Å². The minimum Gasteiger partial charge on any atom is -0.354 e. The van der Waals surface area contributed by atoms with Crippen molar-refractivity contribution in [3.63, 3.8) is 0 Å². The third kappa shape index (κ3) is 4.37. The molecule has 0 bridgehead atoms. The first-order valence-corrected chi connectivity index (χ1v) is 11.1. The third-order valence-corrected chi connectivity index (χ3v) is 6.31. The van der Waals surface area contributed by atoms with Crippen LogP contribution < -0.4 is 9.80 Å². The molecule has 3 heterocycles. The second-order valence-corrected chi connectivity index (χ2v) is 8.50. The van der Waals surface area contributed by atoms with E-state index in [1.807, 2.05) is 50.4 Å². The van der Waals surface area contributed by atoms with Crippen molar-refractivity contribution in [3.05, 3.63) is 64.8 Å². The first kappa shape index (κ1) is 20.5. The Kier molecular flexibility index (Phi) is 6.11. The highest BCUT2D eigenvalue weighted by Gasteiger charge is 2.23. The predicted molar refractivity (Wildman–Crippen MR) is 123 cm³/mol. The van der Waals surface area contributed by atoms with E-state index < -0.39 is 0 Å². The van der Waals surface area contributed by atoms with E-state index >= 15 is 0 Å². The molecule has 1 fully saturated rings. The molecule has 1 aliphatic rings. The summed E-state index contributed by atoms with van der Waals surface area (Å²) in [5.74, 6) is 1.02. The van der Waals surface area contributed by atoms with Gasteiger partial charge in [-0.05, 0) is 37.1 Å². The molecule has 30 heavy (non-hydrogen) atoms. The number of nitrogens with zero attached hydrogens (tertiary/aromatic N) is 5. The summed E-state index contributed by atoms with van der Waals surface area (Å²) >= 11 is 1.53. The molecule has 1 aromatic carbocycles. The fraction of sp³-hybridized carbons (Fsp3) is 0.348. The Balaban J connectivity index is 1.44. The number of rotatable bonds is 5. The van der Waals surface area contributed by atoms with Crippen LogP contribution in [0.1, 0.15) is 23.7 Å². The lowest BCUT2D eigenvalue weighted by molar-refractivity contribution is -0.115. The topological polar surface area (TPSA) is 52.6 Å². The second-order valence-electron chi connectivity index (χ2n) is 7.67. The summed E-state index contributed by atoms with van der Waals surface area (Å²) in [7, 11) is 0. The lowest BCUT2D eigenvalue weighted by atomic mass is 10.1. The van der Waals surface area contributed by atoms with Gasteiger partial charge in [-0.3, -0.25) is 14.6 Å². The van der Waals surface area contributed by atoms with Gasteiger partial charge in [0.25, 0.3) is 0 Å². The molecule has 3 aromatic rings. The normalized spacial score (nSPS) is 14.7. The van der Waals surface area contributed by atoms with Crippen LogP contribution in [0, 0.1) is 13.8 Å². The van der Waals surface area contributed by atoms with Crippen LogP contribution >= 0.6 is 11.3 Å². The van der Waals surface area contributed by atoms with Crippen molar-refractivity contribution in [2.75, 3.05) is 36.0 Å². The quantitative estimate of drug-likeness (QED) is 0.619. The van der Waals surface area contributed by atoms with Gasteiger partial charge in [0, 0.05) is 51.2 Å². The van der Waals surface area contributed by atoms with Gasteiger partial charge in [0.2, 0.25) is 5.91 Å². The largest absolute Gasteiger partial charge is 0.354 e. The number of pyridine rings is 1. The van der Waals surface area contributed by atoms with Crippen molar-refractivity contribution in [1.29, 1.82) is 0 Å². The third-order valence-electron chi connectivity index (χ3n) is 5.44. The number of benzene rings is 1. The summed E-state index contributed by atoms with van der Waals surface area (Å²) in [6.07, 6.45) is 1.84. The summed E-state index contributed by atoms with van der Waals surface area (Å²) < 4.78 is 0. The Morgan fingerprint density at radius 2 is 1.80 bits per heavy atom. The van der Waals surface area contributed by atoms with Crippen molar-refractivity contribution in [1.82, 2.24) is 14.9 Å². The van der Waals surface area contributed by atoms with E-state index in [4.69, 9.17) is 4.98 Å². The number of thiazole rings is 1. The second kappa shape index (κ2) is 8.93. The van der Waals surface area contributed by atoms with Crippen LogP contribution in [0.4, 0.5) is 16.6 Å². The molecule has 0 unspecified atom stereocenters. The van der Waals surface area contributed by atoms with Crippen LogP contribution in [0.3, 0.4) is 0 Å². The minimum atomic E-state index is -0.0164. The number of amides is 1. The molecule has 156 valence electrons. The van der Waals surface area contributed by atoms with Crippen LogP contribution in [0.25, 0.3) is 0 Å². The van der Waals surface area contributed by atoms with Crippen molar-refractivity contribution < 1.29 is 4.79 Å². The summed E-state index contributed by atoms with van der Waals surface area (Å²) in [6.45, 7) is 10.3. The molecule has 1 saturated heterocycles. The summed E-state index contributed by atoms with van der Waals surface area (Å²) in [5.41, 5.74) is 4.11. The molecule has 0 aliphatic carbocycles. The SMILES string of the molecule is CC(=O)N(c1nc(CN2CCN(c3ccccn3)CC2)cs1)c1c(C)cccc1C. The van der Waals surface area contributed by atoms with Crippen LogP contribution in [-0.4, -0.2) is 47.0 Å². The molecule has 0 radical (unpaired) electrons. The fourth-order valence-corrected chi connectivity index (χ4v) is 4.79. The van der Waals surface area contributed by atoms with Crippen molar-refractivity contribution in [3.8, 4) is 0 Å². The van der Waals surface area contributed by atoms with Gasteiger partial charge in [0.1, 0.15) is 5.82 Å². The highest BCUT2D eigenvalue weighted by atomic mass is 32.1. The van der Waals surface area contributed by atoms with Crippen LogP contribution in [0.5, 0.6) is 0 Å². The number of anilines is 3. The van der Waals surface area contributed by atoms with Gasteiger partial charge in [0.15, 0.2) is 5.13 Å². The Hall–Kier alpha value is -2.77. The number of hydrogen-bond donors (Lipinski definition) is 0. The maximum absolute atomic E-state index is 12.5. The van der Waals surface area contributed by atoms with E-state index in [2.05, 4.69) is 26.2 Å². The number of para-hydroxylation sites is 1. The van der Waals surface area contributed by atoms with Crippen LogP contribution in [0.2, 0.25) is 0 Å². The first-order valence-electron chi connectivity index (χ1n) is 10.2. The molecule has 1 amide bonds. The van der Waals surface area contributed by atoms with E-state index in [0.29, 0.717) is 0 Å². The maximum Gasteiger partial charge on any atom is 0.230 e. The molecular weight excluding hydrogens is 394 g/mol. The van der Waals surface area contributed by atoms with Gasteiger partial charge in [-0.1, -0.05) is 24.3 Å². The first-order chi connectivity index (χ1) is 14.5. The summed E-state index contributed by atoms with van der Waals surface area (Å²) in [5, 5.41) is 2.81. The van der Waals surface area contributed by atoms with Gasteiger partial charge in [-0.15, -0.1) is 11.3 Å². The Morgan fingerprint density at radius 3 is 2.43 bits per heavy atom. The van der Waals surface area contributed by atoms with Crippen molar-refractivity contribution in [2.45, 2.75) is 27.3 Å². The zero-order chi connectivity index (χ0) is 21.1. The summed E-state index contributed by atoms with van der Waals surface area (Å²) in [6, 6.07) is 12.1. The van der Waals surface area contributed by atoms with Gasteiger partial charge < -0.3 is 4.90 Å². The van der Waals surface area contributed by atoms with Crippen LogP contribution in [0.15, 0.2) is 48.0 Å². The lowest BCUT2D eigenvalue weighted by Crippen LogP contribution is -2.46. The summed E-state index contributed by atoms with van der Waals surface area (Å²) in [4.78, 5) is 28.2. The van der Waals surface area contributed by atoms with E-state index in [1.54, 1.807) is 11.8 Å². The monoisotopic (exact) mass is 421 g/mol. The number of aryl methyl sites for hydroxylation is 2. The highest BCUT2D eigenvalue weighted by Crippen LogP contribution is 2.34. The zero-order valence-corrected chi connectivity index (χ0v) is 18.5. The Labute approximate surface area is 181 Å². The number of hydrogen-bond acceptors (Lipinski definition) is 6. The highest BCUT2D eigenvalue weighted by molar-refractivity contribution is 7.14. The standard InChI is InChI=1S/C23H27N5OS/c1-17-7-6-8-18(2)22(17)28(19(3)29)23-25-20(16-30-23)15-26-11-13-27(14-12-26)21-9-4-5-10-24-21/h4-10,16H,11-15H2,1-3H3. The van der Waals surface area contributed by atoms with E-state index in [-0.39, 0.29) is 5.91 Å². The van der Waals surface area contributed by atoms with E-state index in [1.165, 1.54) is 11.3 Å². The van der Waals surface area contributed by atoms with Gasteiger partial charge in [-0.2, -0.15) is 0 Å². The number of aromatic nitrogens is 2. The van der Waals surface area contributed by atoms with E-state index in [9.17, 15) is 4.79 Å². The smallest absolute Gasteiger partial charge is 0.230 e. The van der Waals surface area contributed by atoms with Crippen LogP contribution in [-0.2, 0) is 11.3 Å².